The van der Waals surface area contributed by atoms with Gasteiger partial charge in [0.15, 0.2) is 0 Å². The lowest BCUT2D eigenvalue weighted by Gasteiger charge is -2.16. The summed E-state index contributed by atoms with van der Waals surface area (Å²) in [7, 11) is 0. The molecular weight excluding hydrogens is 275 g/mol. The van der Waals surface area contributed by atoms with Crippen LogP contribution >= 0.6 is 11.6 Å². The zero-order valence-corrected chi connectivity index (χ0v) is 12.0. The highest BCUT2D eigenvalue weighted by Crippen LogP contribution is 2.29. The van der Waals surface area contributed by atoms with Crippen LogP contribution in [0, 0.1) is 5.82 Å². The molecule has 0 aromatic heterocycles. The zero-order valence-electron chi connectivity index (χ0n) is 11.3. The molecule has 0 amide bonds. The maximum Gasteiger partial charge on any atom is 0.222 e. The number of benzene rings is 2. The Labute approximate surface area is 123 Å². The van der Waals surface area contributed by atoms with Gasteiger partial charge in [-0.05, 0) is 46.8 Å². The van der Waals surface area contributed by atoms with Gasteiger partial charge in [-0.25, -0.2) is 4.39 Å². The largest absolute Gasteiger partial charge is 0.281 e. The molecule has 0 N–H and O–H groups in total. The van der Waals surface area contributed by atoms with E-state index in [-0.39, 0.29) is 18.2 Å². The topological polar surface area (TPSA) is 17.1 Å². The first-order valence-corrected chi connectivity index (χ1v) is 7.00. The molecule has 2 aromatic rings. The first kappa shape index (κ1) is 14.7. The van der Waals surface area contributed by atoms with Gasteiger partial charge in [0.25, 0.3) is 0 Å². The first-order chi connectivity index (χ1) is 9.60. The van der Waals surface area contributed by atoms with Crippen molar-refractivity contribution in [3.63, 3.8) is 0 Å². The first-order valence-electron chi connectivity index (χ1n) is 6.62. The quantitative estimate of drug-likeness (QED) is 0.731. The number of halogens is 2. The molecule has 20 heavy (non-hydrogen) atoms. The van der Waals surface area contributed by atoms with Gasteiger partial charge in [-0.3, -0.25) is 4.79 Å². The van der Waals surface area contributed by atoms with Crippen molar-refractivity contribution in [1.82, 2.24) is 0 Å². The molecule has 0 bridgehead atoms. The number of aryl methyl sites for hydroxylation is 1. The van der Waals surface area contributed by atoms with Crippen LogP contribution in [-0.4, -0.2) is 5.24 Å². The van der Waals surface area contributed by atoms with E-state index in [4.69, 9.17) is 11.6 Å². The summed E-state index contributed by atoms with van der Waals surface area (Å²) in [6, 6.07) is 14.3. The Kier molecular flexibility index (Phi) is 4.91. The highest BCUT2D eigenvalue weighted by molar-refractivity contribution is 6.63. The summed E-state index contributed by atoms with van der Waals surface area (Å²) < 4.78 is 13.4. The van der Waals surface area contributed by atoms with Crippen molar-refractivity contribution in [2.24, 2.45) is 0 Å². The predicted octanol–water partition coefficient (Wildman–Crippen LogP) is 4.68. The fourth-order valence-corrected chi connectivity index (χ4v) is 2.45. The van der Waals surface area contributed by atoms with E-state index in [0.717, 1.165) is 17.5 Å². The SMILES string of the molecule is CCc1ccc(C(CC(=O)Cl)c2cccc(F)c2)cc1. The molecule has 0 spiro atoms. The van der Waals surface area contributed by atoms with Gasteiger partial charge in [-0.1, -0.05) is 43.3 Å². The number of hydrogen-bond acceptors (Lipinski definition) is 1. The van der Waals surface area contributed by atoms with Crippen molar-refractivity contribution < 1.29 is 9.18 Å². The maximum absolute atomic E-state index is 13.4. The van der Waals surface area contributed by atoms with Crippen LogP contribution in [0.3, 0.4) is 0 Å². The lowest BCUT2D eigenvalue weighted by atomic mass is 9.88. The summed E-state index contributed by atoms with van der Waals surface area (Å²) >= 11 is 5.54. The van der Waals surface area contributed by atoms with Crippen molar-refractivity contribution in [2.45, 2.75) is 25.7 Å². The van der Waals surface area contributed by atoms with Gasteiger partial charge in [-0.15, -0.1) is 0 Å². The van der Waals surface area contributed by atoms with Crippen LogP contribution in [0.15, 0.2) is 48.5 Å². The van der Waals surface area contributed by atoms with E-state index in [1.54, 1.807) is 6.07 Å². The molecule has 1 atom stereocenters. The van der Waals surface area contributed by atoms with Gasteiger partial charge in [0.1, 0.15) is 5.82 Å². The number of carbonyl (C=O) groups excluding carboxylic acids is 1. The summed E-state index contributed by atoms with van der Waals surface area (Å²) in [5, 5.41) is -0.418. The average molecular weight is 291 g/mol. The molecule has 0 radical (unpaired) electrons. The Morgan fingerprint density at radius 1 is 1.15 bits per heavy atom. The number of carbonyl (C=O) groups is 1. The van der Waals surface area contributed by atoms with Crippen molar-refractivity contribution in [1.29, 1.82) is 0 Å². The molecule has 2 aromatic carbocycles. The van der Waals surface area contributed by atoms with Crippen LogP contribution in [0.4, 0.5) is 4.39 Å². The molecule has 104 valence electrons. The molecule has 1 unspecified atom stereocenters. The second kappa shape index (κ2) is 6.67. The van der Waals surface area contributed by atoms with Gasteiger partial charge in [0, 0.05) is 12.3 Å². The summed E-state index contributed by atoms with van der Waals surface area (Å²) in [6.07, 6.45) is 1.12. The molecule has 0 saturated carbocycles. The van der Waals surface area contributed by atoms with Crippen molar-refractivity contribution in [2.75, 3.05) is 0 Å². The van der Waals surface area contributed by atoms with Crippen molar-refractivity contribution >= 4 is 16.8 Å². The van der Waals surface area contributed by atoms with E-state index in [2.05, 4.69) is 6.92 Å². The normalized spacial score (nSPS) is 12.2. The van der Waals surface area contributed by atoms with Gasteiger partial charge >= 0.3 is 0 Å². The van der Waals surface area contributed by atoms with E-state index in [9.17, 15) is 9.18 Å². The maximum atomic E-state index is 13.4. The zero-order chi connectivity index (χ0) is 14.5. The molecule has 0 aliphatic heterocycles. The average Bonchev–Trinajstić information content (AvgIpc) is 2.45. The van der Waals surface area contributed by atoms with Gasteiger partial charge in [-0.2, -0.15) is 0 Å². The fraction of sp³-hybridized carbons (Fsp3) is 0.235. The second-order valence-corrected chi connectivity index (χ2v) is 5.18. The minimum Gasteiger partial charge on any atom is -0.281 e. The molecule has 0 saturated heterocycles. The molecule has 2 rings (SSSR count). The highest BCUT2D eigenvalue weighted by atomic mass is 35.5. The van der Waals surface area contributed by atoms with Crippen LogP contribution < -0.4 is 0 Å². The van der Waals surface area contributed by atoms with Gasteiger partial charge in [0.2, 0.25) is 5.24 Å². The van der Waals surface area contributed by atoms with E-state index >= 15 is 0 Å². The molecule has 0 fully saturated rings. The van der Waals surface area contributed by atoms with Crippen LogP contribution in [0.5, 0.6) is 0 Å². The van der Waals surface area contributed by atoms with E-state index < -0.39 is 5.24 Å². The lowest BCUT2D eigenvalue weighted by Crippen LogP contribution is -2.05. The molecule has 0 heterocycles. The fourth-order valence-electron chi connectivity index (χ4n) is 2.30. The molecule has 1 nitrogen and oxygen atoms in total. The third-order valence-electron chi connectivity index (χ3n) is 3.41. The number of rotatable bonds is 5. The summed E-state index contributed by atoms with van der Waals surface area (Å²) in [5.41, 5.74) is 2.97. The highest BCUT2D eigenvalue weighted by Gasteiger charge is 2.17. The summed E-state index contributed by atoms with van der Waals surface area (Å²) in [6.45, 7) is 2.08. The lowest BCUT2D eigenvalue weighted by molar-refractivity contribution is -0.111. The van der Waals surface area contributed by atoms with Gasteiger partial charge in [0.05, 0.1) is 0 Å². The Morgan fingerprint density at radius 3 is 2.40 bits per heavy atom. The Hall–Kier alpha value is -1.67. The van der Waals surface area contributed by atoms with Crippen LogP contribution in [-0.2, 0) is 11.2 Å². The standard InChI is InChI=1S/C17H16ClFO/c1-2-12-6-8-13(9-7-12)16(11-17(18)20)14-4-3-5-15(19)10-14/h3-10,16H,2,11H2,1H3. The monoisotopic (exact) mass is 290 g/mol. The third kappa shape index (κ3) is 3.67. The minimum absolute atomic E-state index is 0.163. The van der Waals surface area contributed by atoms with E-state index in [1.165, 1.54) is 17.7 Å². The molecular formula is C17H16ClFO. The second-order valence-electron chi connectivity index (χ2n) is 4.76. The summed E-state index contributed by atoms with van der Waals surface area (Å²) in [4.78, 5) is 11.3. The molecule has 3 heteroatoms. The van der Waals surface area contributed by atoms with Crippen molar-refractivity contribution in [3.8, 4) is 0 Å². The summed E-state index contributed by atoms with van der Waals surface area (Å²) in [5.74, 6) is -0.513. The predicted molar refractivity (Wildman–Crippen MR) is 79.5 cm³/mol. The molecule has 0 aliphatic rings. The van der Waals surface area contributed by atoms with E-state index in [0.29, 0.717) is 0 Å². The van der Waals surface area contributed by atoms with Crippen LogP contribution in [0.2, 0.25) is 0 Å². The Balaban J connectivity index is 2.38. The minimum atomic E-state index is -0.418. The van der Waals surface area contributed by atoms with Crippen LogP contribution in [0.1, 0.15) is 36.0 Å². The third-order valence-corrected chi connectivity index (χ3v) is 3.56. The number of hydrogen-bond donors (Lipinski definition) is 0. The van der Waals surface area contributed by atoms with E-state index in [1.807, 2.05) is 30.3 Å². The van der Waals surface area contributed by atoms with Crippen LogP contribution in [0.25, 0.3) is 0 Å². The Bertz CT molecular complexity index is 592. The molecule has 0 aliphatic carbocycles. The van der Waals surface area contributed by atoms with Gasteiger partial charge < -0.3 is 0 Å². The van der Waals surface area contributed by atoms with Crippen molar-refractivity contribution in [3.05, 3.63) is 71.0 Å². The smallest absolute Gasteiger partial charge is 0.222 e. The Morgan fingerprint density at radius 2 is 1.85 bits per heavy atom.